The van der Waals surface area contributed by atoms with Crippen molar-refractivity contribution in [3.63, 3.8) is 0 Å². The number of nitrogen functional groups attached to an aromatic ring is 1. The average Bonchev–Trinajstić information content (AvgIpc) is 2.69. The number of nitrogens with zero attached hydrogens (tertiary/aromatic N) is 2. The number of aromatic nitrogens is 2. The van der Waals surface area contributed by atoms with Gasteiger partial charge >= 0.3 is 12.4 Å². The third kappa shape index (κ3) is 3.12. The second-order valence-electron chi connectivity index (χ2n) is 5.65. The van der Waals surface area contributed by atoms with Crippen molar-refractivity contribution in [3.05, 3.63) is 22.7 Å². The van der Waals surface area contributed by atoms with E-state index in [4.69, 9.17) is 47.4 Å². The van der Waals surface area contributed by atoms with Crippen molar-refractivity contribution >= 4 is 35.9 Å². The lowest BCUT2D eigenvalue weighted by molar-refractivity contribution is -0.164. The average molecular weight is 400 g/mol. The molecule has 8 nitrogen and oxygen atoms in total. The number of rotatable bonds is 3. The lowest BCUT2D eigenvalue weighted by Crippen LogP contribution is -2.48. The lowest BCUT2D eigenvalue weighted by Gasteiger charge is -2.38. The molecule has 1 aromatic rings. The van der Waals surface area contributed by atoms with Crippen LogP contribution in [0.2, 0.25) is 0 Å². The minimum Gasteiger partial charge on any atom is -0.383 e. The van der Waals surface area contributed by atoms with Gasteiger partial charge in [-0.15, -0.1) is 11.6 Å². The van der Waals surface area contributed by atoms with E-state index >= 15 is 4.39 Å². The highest BCUT2D eigenvalue weighted by molar-refractivity contribution is 8.07. The maximum atomic E-state index is 15.4. The Hall–Kier alpha value is -0.610. The van der Waals surface area contributed by atoms with Crippen LogP contribution in [0.4, 0.5) is 10.2 Å². The quantitative estimate of drug-likeness (QED) is 0.605. The lowest BCUT2D eigenvalue weighted by atomic mass is 10.1. The largest absolute Gasteiger partial charge is 0.383 e. The number of alkyl halides is 2. The summed E-state index contributed by atoms with van der Waals surface area (Å²) in [5.74, 6) is -2.41. The molecule has 0 aliphatic carbocycles. The Bertz CT molecular complexity index is 752. The van der Waals surface area contributed by atoms with Gasteiger partial charge in [-0.3, -0.25) is 9.09 Å². The van der Waals surface area contributed by atoms with E-state index in [9.17, 15) is 4.79 Å². The van der Waals surface area contributed by atoms with Gasteiger partial charge in [0.2, 0.25) is 0 Å². The molecule has 0 amide bonds. The molecule has 1 aromatic heterocycles. The molecule has 2 aliphatic rings. The van der Waals surface area contributed by atoms with Gasteiger partial charge in [0, 0.05) is 6.20 Å². The molecule has 2 saturated heterocycles. The SMILES string of the molecule is CC(C)OP1(=S)OCC2OC(n3ccc(N)nc3=O)C(Cl)C2(F)O1. The fraction of sp³-hybridized carbons (Fsp3) is 0.667. The third-order valence-corrected chi connectivity index (χ3v) is 6.43. The zero-order valence-electron chi connectivity index (χ0n) is 12.8. The first kappa shape index (κ1) is 18.2. The van der Waals surface area contributed by atoms with E-state index in [0.717, 1.165) is 4.57 Å². The van der Waals surface area contributed by atoms with Crippen LogP contribution < -0.4 is 11.4 Å². The number of hydrogen-bond acceptors (Lipinski definition) is 8. The summed E-state index contributed by atoms with van der Waals surface area (Å²) in [6.07, 6.45) is -1.29. The maximum Gasteiger partial charge on any atom is 0.351 e. The minimum atomic E-state index is -3.31. The van der Waals surface area contributed by atoms with E-state index in [1.165, 1.54) is 12.3 Å². The summed E-state index contributed by atoms with van der Waals surface area (Å²) < 4.78 is 38.1. The van der Waals surface area contributed by atoms with Crippen molar-refractivity contribution in [2.45, 2.75) is 43.5 Å². The zero-order valence-corrected chi connectivity index (χ0v) is 15.3. The Kier molecular flexibility index (Phi) is 4.76. The van der Waals surface area contributed by atoms with Crippen LogP contribution in [-0.4, -0.2) is 39.6 Å². The molecule has 3 heterocycles. The molecule has 0 saturated carbocycles. The van der Waals surface area contributed by atoms with Crippen molar-refractivity contribution in [2.75, 3.05) is 12.3 Å². The molecular formula is C12H16ClFN3O5PS. The Morgan fingerprint density at radius 1 is 1.67 bits per heavy atom. The van der Waals surface area contributed by atoms with E-state index in [-0.39, 0.29) is 18.5 Å². The number of ether oxygens (including phenoxy) is 1. The van der Waals surface area contributed by atoms with Crippen LogP contribution >= 0.6 is 18.3 Å². The van der Waals surface area contributed by atoms with Gasteiger partial charge in [0.1, 0.15) is 17.3 Å². The number of hydrogen-bond donors (Lipinski definition) is 1. The van der Waals surface area contributed by atoms with Crippen LogP contribution in [-0.2, 0) is 30.1 Å². The van der Waals surface area contributed by atoms with Gasteiger partial charge in [-0.05, 0) is 31.7 Å². The standard InChI is InChI=1S/C12H16ClFN3O5PS/c1-6(2)21-23(24)19-5-7-12(14,22-23)9(13)10(20-7)17-4-3-8(15)16-11(17)18/h3-4,6-7,9-10H,5H2,1-2H3,(H2,15,16,18). The van der Waals surface area contributed by atoms with Crippen LogP contribution in [0.25, 0.3) is 0 Å². The Morgan fingerprint density at radius 3 is 3.00 bits per heavy atom. The van der Waals surface area contributed by atoms with Gasteiger partial charge in [0.25, 0.3) is 5.85 Å². The highest BCUT2D eigenvalue weighted by atomic mass is 35.5. The van der Waals surface area contributed by atoms with Crippen LogP contribution in [0, 0.1) is 0 Å². The number of anilines is 1. The zero-order chi connectivity index (χ0) is 17.7. The number of fused-ring (bicyclic) bond motifs is 1. The van der Waals surface area contributed by atoms with Crippen LogP contribution in [0.15, 0.2) is 17.1 Å². The number of halogens is 2. The molecule has 0 spiro atoms. The molecule has 3 rings (SSSR count). The van der Waals surface area contributed by atoms with E-state index in [2.05, 4.69) is 4.98 Å². The number of nitrogens with two attached hydrogens (primary N) is 1. The molecule has 0 bridgehead atoms. The Labute approximate surface area is 147 Å². The molecule has 2 aliphatic heterocycles. The summed E-state index contributed by atoms with van der Waals surface area (Å²) in [6.45, 7) is -0.0549. The molecule has 134 valence electrons. The predicted molar refractivity (Wildman–Crippen MR) is 87.8 cm³/mol. The molecular weight excluding hydrogens is 384 g/mol. The van der Waals surface area contributed by atoms with Gasteiger partial charge in [-0.2, -0.15) is 4.98 Å². The first-order valence-corrected chi connectivity index (χ1v) is 10.1. The van der Waals surface area contributed by atoms with E-state index < -0.39 is 36.0 Å². The third-order valence-electron chi connectivity index (χ3n) is 3.47. The Balaban J connectivity index is 1.90. The highest BCUT2D eigenvalue weighted by Crippen LogP contribution is 2.62. The van der Waals surface area contributed by atoms with Gasteiger partial charge in [0.05, 0.1) is 12.7 Å². The normalized spacial score (nSPS) is 39.1. The van der Waals surface area contributed by atoms with Crippen molar-refractivity contribution < 1.29 is 22.7 Å². The first-order chi connectivity index (χ1) is 11.1. The fourth-order valence-electron chi connectivity index (χ4n) is 2.46. The van der Waals surface area contributed by atoms with E-state index in [1.807, 2.05) is 0 Å². The second-order valence-corrected chi connectivity index (χ2v) is 9.00. The fourth-order valence-corrected chi connectivity index (χ4v) is 5.49. The Morgan fingerprint density at radius 2 is 2.38 bits per heavy atom. The summed E-state index contributed by atoms with van der Waals surface area (Å²) in [6, 6.07) is 1.38. The van der Waals surface area contributed by atoms with Crippen molar-refractivity contribution in [2.24, 2.45) is 0 Å². The summed E-state index contributed by atoms with van der Waals surface area (Å²) in [4.78, 5) is 15.5. The molecule has 12 heteroatoms. The second kappa shape index (κ2) is 6.28. The maximum absolute atomic E-state index is 15.4. The van der Waals surface area contributed by atoms with Crippen molar-refractivity contribution in [1.82, 2.24) is 9.55 Å². The smallest absolute Gasteiger partial charge is 0.351 e. The predicted octanol–water partition coefficient (Wildman–Crippen LogP) is 1.69. The molecule has 5 atom stereocenters. The molecule has 24 heavy (non-hydrogen) atoms. The van der Waals surface area contributed by atoms with Crippen LogP contribution in [0.5, 0.6) is 0 Å². The molecule has 0 radical (unpaired) electrons. The molecule has 5 unspecified atom stereocenters. The molecule has 2 fully saturated rings. The highest BCUT2D eigenvalue weighted by Gasteiger charge is 2.64. The summed E-state index contributed by atoms with van der Waals surface area (Å²) in [7, 11) is 0. The van der Waals surface area contributed by atoms with Gasteiger partial charge in [0.15, 0.2) is 6.23 Å². The molecule has 0 aromatic carbocycles. The monoisotopic (exact) mass is 399 g/mol. The summed E-state index contributed by atoms with van der Waals surface area (Å²) >= 11 is 11.4. The minimum absolute atomic E-state index is 0.0353. The van der Waals surface area contributed by atoms with Gasteiger partial charge in [-0.25, -0.2) is 9.18 Å². The van der Waals surface area contributed by atoms with E-state index in [1.54, 1.807) is 13.8 Å². The van der Waals surface area contributed by atoms with Crippen molar-refractivity contribution in [3.8, 4) is 0 Å². The van der Waals surface area contributed by atoms with Crippen molar-refractivity contribution in [1.29, 1.82) is 0 Å². The summed E-state index contributed by atoms with van der Waals surface area (Å²) in [5.41, 5.74) is 4.73. The van der Waals surface area contributed by atoms with Gasteiger partial charge < -0.3 is 19.5 Å². The molecule has 2 N–H and O–H groups in total. The van der Waals surface area contributed by atoms with E-state index in [0.29, 0.717) is 0 Å². The summed E-state index contributed by atoms with van der Waals surface area (Å²) in [5, 5.41) is -1.35. The van der Waals surface area contributed by atoms with Crippen LogP contribution in [0.1, 0.15) is 20.1 Å². The first-order valence-electron chi connectivity index (χ1n) is 7.11. The topological polar surface area (TPSA) is 97.8 Å². The van der Waals surface area contributed by atoms with Crippen LogP contribution in [0.3, 0.4) is 0 Å². The van der Waals surface area contributed by atoms with Gasteiger partial charge in [-0.1, -0.05) is 0 Å².